The standard InChI is InChI=1S/C22H20F3N3O6/c23-22(24,25)14-3-1-12(2-4-14)13-5-7-26-15(9-13)10-28-17(30)6-8-27(21(28)33)20-19(32)18(31)16(11-29)34-20/h1-9,16,18-20,29,31-32H,10-11H2/t16-,18+,19?,20-/m1/s1. The van der Waals surface area contributed by atoms with Gasteiger partial charge in [-0.3, -0.25) is 18.9 Å². The minimum Gasteiger partial charge on any atom is -0.394 e. The fraction of sp³-hybridized carbons (Fsp3) is 0.318. The molecular formula is C22H20F3N3O6. The van der Waals surface area contributed by atoms with Gasteiger partial charge >= 0.3 is 11.9 Å². The Balaban J connectivity index is 1.63. The second-order valence-electron chi connectivity index (χ2n) is 7.77. The van der Waals surface area contributed by atoms with E-state index in [0.29, 0.717) is 11.1 Å². The van der Waals surface area contributed by atoms with Crippen molar-refractivity contribution in [2.75, 3.05) is 6.61 Å². The number of rotatable bonds is 5. The summed E-state index contributed by atoms with van der Waals surface area (Å²) < 4.78 is 45.6. The van der Waals surface area contributed by atoms with Crippen molar-refractivity contribution < 1.29 is 33.2 Å². The van der Waals surface area contributed by atoms with Crippen molar-refractivity contribution >= 4 is 0 Å². The van der Waals surface area contributed by atoms with Crippen LogP contribution < -0.4 is 11.2 Å². The Bertz CT molecular complexity index is 1290. The molecule has 0 saturated carbocycles. The number of aromatic nitrogens is 3. The van der Waals surface area contributed by atoms with Crippen LogP contribution in [0.1, 0.15) is 17.5 Å². The van der Waals surface area contributed by atoms with E-state index in [1.165, 1.54) is 24.4 Å². The smallest absolute Gasteiger partial charge is 0.394 e. The van der Waals surface area contributed by atoms with Gasteiger partial charge in [0.05, 0.1) is 24.4 Å². The fourth-order valence-electron chi connectivity index (χ4n) is 3.74. The van der Waals surface area contributed by atoms with E-state index in [9.17, 15) is 38.1 Å². The summed E-state index contributed by atoms with van der Waals surface area (Å²) in [7, 11) is 0. The fourth-order valence-corrected chi connectivity index (χ4v) is 3.74. The summed E-state index contributed by atoms with van der Waals surface area (Å²) in [5.41, 5.74) is -0.978. The molecule has 3 heterocycles. The predicted molar refractivity (Wildman–Crippen MR) is 112 cm³/mol. The van der Waals surface area contributed by atoms with Crippen molar-refractivity contribution in [3.8, 4) is 11.1 Å². The monoisotopic (exact) mass is 479 g/mol. The van der Waals surface area contributed by atoms with Crippen LogP contribution in [0, 0.1) is 0 Å². The van der Waals surface area contributed by atoms with Crippen molar-refractivity contribution in [3.05, 3.63) is 87.0 Å². The molecule has 0 aliphatic carbocycles. The van der Waals surface area contributed by atoms with Crippen LogP contribution in [-0.2, 0) is 17.5 Å². The Kier molecular flexibility index (Phi) is 6.41. The molecule has 1 saturated heterocycles. The Morgan fingerprint density at radius 2 is 1.71 bits per heavy atom. The summed E-state index contributed by atoms with van der Waals surface area (Å²) >= 11 is 0. The van der Waals surface area contributed by atoms with Crippen LogP contribution >= 0.6 is 0 Å². The quantitative estimate of drug-likeness (QED) is 0.493. The maximum absolute atomic E-state index is 13.0. The zero-order chi connectivity index (χ0) is 24.6. The Labute approximate surface area is 189 Å². The first-order valence-corrected chi connectivity index (χ1v) is 10.2. The molecule has 0 bridgehead atoms. The Morgan fingerprint density at radius 3 is 2.32 bits per heavy atom. The average molecular weight is 479 g/mol. The lowest BCUT2D eigenvalue weighted by Crippen LogP contribution is -2.43. The average Bonchev–Trinajstić information content (AvgIpc) is 3.10. The first-order valence-electron chi connectivity index (χ1n) is 10.2. The lowest BCUT2D eigenvalue weighted by Gasteiger charge is -2.18. The maximum Gasteiger partial charge on any atom is 0.416 e. The molecule has 0 spiro atoms. The van der Waals surface area contributed by atoms with Gasteiger partial charge < -0.3 is 20.1 Å². The minimum absolute atomic E-state index is 0.262. The lowest BCUT2D eigenvalue weighted by molar-refractivity contribution is -0.137. The molecule has 3 aromatic rings. The molecule has 1 aromatic carbocycles. The third-order valence-electron chi connectivity index (χ3n) is 5.57. The van der Waals surface area contributed by atoms with Gasteiger partial charge in [0.1, 0.15) is 18.3 Å². The number of benzene rings is 1. The molecule has 0 radical (unpaired) electrons. The van der Waals surface area contributed by atoms with Crippen molar-refractivity contribution in [1.82, 2.24) is 14.1 Å². The van der Waals surface area contributed by atoms with Gasteiger partial charge in [-0.25, -0.2) is 4.79 Å². The molecule has 3 N–H and O–H groups in total. The topological polar surface area (TPSA) is 127 Å². The Morgan fingerprint density at radius 1 is 1.00 bits per heavy atom. The molecule has 12 heteroatoms. The minimum atomic E-state index is -4.46. The number of aliphatic hydroxyl groups is 3. The summed E-state index contributed by atoms with van der Waals surface area (Å²) in [5, 5.41) is 29.4. The van der Waals surface area contributed by atoms with E-state index in [1.54, 1.807) is 6.07 Å². The van der Waals surface area contributed by atoms with Gasteiger partial charge in [-0.05, 0) is 35.4 Å². The van der Waals surface area contributed by atoms with Gasteiger partial charge in [-0.15, -0.1) is 0 Å². The summed E-state index contributed by atoms with van der Waals surface area (Å²) in [4.78, 5) is 29.5. The van der Waals surface area contributed by atoms with Gasteiger partial charge in [0, 0.05) is 18.5 Å². The second-order valence-corrected chi connectivity index (χ2v) is 7.77. The van der Waals surface area contributed by atoms with E-state index < -0.39 is 54.1 Å². The second kappa shape index (κ2) is 9.14. The van der Waals surface area contributed by atoms with Gasteiger partial charge in [-0.1, -0.05) is 12.1 Å². The van der Waals surface area contributed by atoms with E-state index in [1.807, 2.05) is 0 Å². The highest BCUT2D eigenvalue weighted by Gasteiger charge is 2.43. The van der Waals surface area contributed by atoms with Crippen LogP contribution in [-0.4, -0.2) is 54.4 Å². The zero-order valence-electron chi connectivity index (χ0n) is 17.5. The van der Waals surface area contributed by atoms with Gasteiger partial charge in [-0.2, -0.15) is 13.2 Å². The van der Waals surface area contributed by atoms with E-state index in [-0.39, 0.29) is 12.2 Å². The van der Waals surface area contributed by atoms with Crippen LogP contribution in [0.25, 0.3) is 11.1 Å². The van der Waals surface area contributed by atoms with Crippen molar-refractivity contribution in [2.24, 2.45) is 0 Å². The number of hydrogen-bond acceptors (Lipinski definition) is 7. The van der Waals surface area contributed by atoms with E-state index in [0.717, 1.165) is 33.5 Å². The molecule has 2 aromatic heterocycles. The highest BCUT2D eigenvalue weighted by molar-refractivity contribution is 5.63. The Hall–Kier alpha value is -3.32. The maximum atomic E-state index is 13.0. The van der Waals surface area contributed by atoms with E-state index >= 15 is 0 Å². The number of pyridine rings is 1. The van der Waals surface area contributed by atoms with Crippen LogP contribution in [0.15, 0.2) is 64.4 Å². The molecule has 1 fully saturated rings. The normalized spacial score (nSPS) is 22.8. The molecule has 0 amide bonds. The predicted octanol–water partition coefficient (Wildman–Crippen LogP) is 0.751. The largest absolute Gasteiger partial charge is 0.416 e. The molecule has 180 valence electrons. The number of nitrogens with zero attached hydrogens (tertiary/aromatic N) is 3. The number of aliphatic hydroxyl groups excluding tert-OH is 3. The zero-order valence-corrected chi connectivity index (χ0v) is 17.5. The molecule has 34 heavy (non-hydrogen) atoms. The highest BCUT2D eigenvalue weighted by atomic mass is 19.4. The van der Waals surface area contributed by atoms with Gasteiger partial charge in [0.2, 0.25) is 0 Å². The molecule has 4 atom stereocenters. The van der Waals surface area contributed by atoms with Crippen LogP contribution in [0.5, 0.6) is 0 Å². The first-order chi connectivity index (χ1) is 16.1. The number of hydrogen-bond donors (Lipinski definition) is 3. The lowest BCUT2D eigenvalue weighted by atomic mass is 10.0. The molecule has 4 rings (SSSR count). The molecule has 9 nitrogen and oxygen atoms in total. The SMILES string of the molecule is O=c1ccn([C@@H]2O[C@H](CO)[C@H](O)C2O)c(=O)n1Cc1cc(-c2ccc(C(F)(F)F)cc2)ccn1. The van der Waals surface area contributed by atoms with Crippen LogP contribution in [0.3, 0.4) is 0 Å². The summed E-state index contributed by atoms with van der Waals surface area (Å²) in [6, 6.07) is 8.73. The molecule has 1 unspecified atom stereocenters. The van der Waals surface area contributed by atoms with Crippen LogP contribution in [0.2, 0.25) is 0 Å². The van der Waals surface area contributed by atoms with Gasteiger partial charge in [0.15, 0.2) is 6.23 Å². The first kappa shape index (κ1) is 23.8. The summed E-state index contributed by atoms with van der Waals surface area (Å²) in [6.45, 7) is -0.842. The van der Waals surface area contributed by atoms with Crippen molar-refractivity contribution in [2.45, 2.75) is 37.3 Å². The number of alkyl halides is 3. The van der Waals surface area contributed by atoms with Gasteiger partial charge in [0.25, 0.3) is 5.56 Å². The molecule has 1 aliphatic heterocycles. The van der Waals surface area contributed by atoms with E-state index in [4.69, 9.17) is 4.74 Å². The molecule has 1 aliphatic rings. The number of halogens is 3. The molecular weight excluding hydrogens is 459 g/mol. The third-order valence-corrected chi connectivity index (χ3v) is 5.57. The third kappa shape index (κ3) is 4.53. The number of ether oxygens (including phenoxy) is 1. The highest BCUT2D eigenvalue weighted by Crippen LogP contribution is 2.31. The summed E-state index contributed by atoms with van der Waals surface area (Å²) in [5.74, 6) is 0. The van der Waals surface area contributed by atoms with E-state index in [2.05, 4.69) is 4.98 Å². The summed E-state index contributed by atoms with van der Waals surface area (Å²) in [6.07, 6.45) is -7.30. The van der Waals surface area contributed by atoms with Crippen molar-refractivity contribution in [1.29, 1.82) is 0 Å². The van der Waals surface area contributed by atoms with Crippen LogP contribution in [0.4, 0.5) is 13.2 Å². The van der Waals surface area contributed by atoms with Crippen molar-refractivity contribution in [3.63, 3.8) is 0 Å².